The lowest BCUT2D eigenvalue weighted by atomic mass is 10.2. The van der Waals surface area contributed by atoms with Gasteiger partial charge in [-0.3, -0.25) is 4.79 Å². The summed E-state index contributed by atoms with van der Waals surface area (Å²) in [4.78, 5) is 16.3. The van der Waals surface area contributed by atoms with Crippen molar-refractivity contribution in [3.05, 3.63) is 38.2 Å². The Labute approximate surface area is 131 Å². The number of nitrogens with one attached hydrogen (secondary N) is 1. The van der Waals surface area contributed by atoms with Gasteiger partial charge in [0.15, 0.2) is 0 Å². The average Bonchev–Trinajstić information content (AvgIpc) is 3.02. The van der Waals surface area contributed by atoms with Crippen LogP contribution in [0.5, 0.6) is 0 Å². The Morgan fingerprint density at radius 2 is 2.38 bits per heavy atom. The molecule has 6 nitrogen and oxygen atoms in total. The summed E-state index contributed by atoms with van der Waals surface area (Å²) < 4.78 is 6.22. The van der Waals surface area contributed by atoms with Crippen LogP contribution in [0.3, 0.4) is 0 Å². The molecule has 0 aromatic carbocycles. The van der Waals surface area contributed by atoms with Gasteiger partial charge >= 0.3 is 0 Å². The SMILES string of the molecule is COCCn1ncc(NCC(C)c2nccs2)c(Cl)c1=O. The molecule has 0 saturated carbocycles. The molecule has 0 radical (unpaired) electrons. The predicted octanol–water partition coefficient (Wildman–Crippen LogP) is 2.22. The Morgan fingerprint density at radius 3 is 3.05 bits per heavy atom. The van der Waals surface area contributed by atoms with E-state index in [1.165, 1.54) is 4.68 Å². The van der Waals surface area contributed by atoms with Gasteiger partial charge < -0.3 is 10.1 Å². The molecule has 0 aliphatic carbocycles. The average molecular weight is 329 g/mol. The lowest BCUT2D eigenvalue weighted by Crippen LogP contribution is -2.26. The minimum atomic E-state index is -0.319. The first-order chi connectivity index (χ1) is 10.1. The van der Waals surface area contributed by atoms with Crippen molar-refractivity contribution in [2.45, 2.75) is 19.4 Å². The molecule has 0 aliphatic rings. The lowest BCUT2D eigenvalue weighted by Gasteiger charge is -2.13. The lowest BCUT2D eigenvalue weighted by molar-refractivity contribution is 0.182. The van der Waals surface area contributed by atoms with Crippen LogP contribution < -0.4 is 10.9 Å². The van der Waals surface area contributed by atoms with Gasteiger partial charge in [0.2, 0.25) is 0 Å². The number of aromatic nitrogens is 3. The molecule has 0 spiro atoms. The van der Waals surface area contributed by atoms with E-state index in [1.54, 1.807) is 30.8 Å². The van der Waals surface area contributed by atoms with E-state index in [-0.39, 0.29) is 16.5 Å². The minimum Gasteiger partial charge on any atom is -0.383 e. The molecule has 114 valence electrons. The molecule has 0 bridgehead atoms. The number of anilines is 1. The molecular weight excluding hydrogens is 312 g/mol. The first-order valence-corrected chi connectivity index (χ1v) is 7.77. The zero-order chi connectivity index (χ0) is 15.2. The van der Waals surface area contributed by atoms with Gasteiger partial charge in [0.1, 0.15) is 5.02 Å². The number of ether oxygens (including phenoxy) is 1. The largest absolute Gasteiger partial charge is 0.383 e. The van der Waals surface area contributed by atoms with Crippen molar-refractivity contribution in [1.82, 2.24) is 14.8 Å². The van der Waals surface area contributed by atoms with Crippen molar-refractivity contribution in [2.24, 2.45) is 0 Å². The van der Waals surface area contributed by atoms with E-state index in [1.807, 2.05) is 5.38 Å². The van der Waals surface area contributed by atoms with Gasteiger partial charge in [0.05, 0.1) is 30.0 Å². The molecule has 1 atom stereocenters. The third-order valence-corrected chi connectivity index (χ3v) is 4.34. The summed E-state index contributed by atoms with van der Waals surface area (Å²) in [5, 5.41) is 10.4. The molecule has 2 aromatic heterocycles. The fourth-order valence-corrected chi connectivity index (χ4v) is 2.67. The third-order valence-electron chi connectivity index (χ3n) is 2.96. The Morgan fingerprint density at radius 1 is 1.57 bits per heavy atom. The van der Waals surface area contributed by atoms with E-state index in [2.05, 4.69) is 22.3 Å². The smallest absolute Gasteiger partial charge is 0.287 e. The molecule has 2 aromatic rings. The van der Waals surface area contributed by atoms with E-state index >= 15 is 0 Å². The molecular formula is C13H17ClN4O2S. The predicted molar refractivity (Wildman–Crippen MR) is 84.4 cm³/mol. The molecule has 0 fully saturated rings. The second kappa shape index (κ2) is 7.53. The zero-order valence-electron chi connectivity index (χ0n) is 11.9. The highest BCUT2D eigenvalue weighted by Crippen LogP contribution is 2.20. The minimum absolute atomic E-state index is 0.146. The molecule has 8 heteroatoms. The number of nitrogens with zero attached hydrogens (tertiary/aromatic N) is 3. The molecule has 2 heterocycles. The van der Waals surface area contributed by atoms with Crippen molar-refractivity contribution >= 4 is 28.6 Å². The summed E-state index contributed by atoms with van der Waals surface area (Å²) in [6.45, 7) is 3.49. The number of rotatable bonds is 7. The van der Waals surface area contributed by atoms with Gasteiger partial charge in [-0.05, 0) is 0 Å². The van der Waals surface area contributed by atoms with Crippen LogP contribution in [-0.2, 0) is 11.3 Å². The first-order valence-electron chi connectivity index (χ1n) is 6.51. The highest BCUT2D eigenvalue weighted by atomic mass is 35.5. The van der Waals surface area contributed by atoms with E-state index in [4.69, 9.17) is 16.3 Å². The standard InChI is InChI=1S/C13H17ClN4O2S/c1-9(12-15-3-6-21-12)7-16-10-8-17-18(4-5-20-2)13(19)11(10)14/h3,6,8-9,16H,4-5,7H2,1-2H3. The Balaban J connectivity index is 2.04. The monoisotopic (exact) mass is 328 g/mol. The number of methoxy groups -OCH3 is 1. The second-order valence-corrected chi connectivity index (χ2v) is 5.85. The fraction of sp³-hybridized carbons (Fsp3) is 0.462. The number of hydrogen-bond donors (Lipinski definition) is 1. The molecule has 0 saturated heterocycles. The van der Waals surface area contributed by atoms with Crippen molar-refractivity contribution in [3.63, 3.8) is 0 Å². The quantitative estimate of drug-likeness (QED) is 0.844. The van der Waals surface area contributed by atoms with E-state index in [0.717, 1.165) is 5.01 Å². The maximum Gasteiger partial charge on any atom is 0.287 e. The van der Waals surface area contributed by atoms with Crippen LogP contribution in [0, 0.1) is 0 Å². The molecule has 1 unspecified atom stereocenters. The first kappa shape index (κ1) is 15.9. The van der Waals surface area contributed by atoms with Crippen LogP contribution in [0.4, 0.5) is 5.69 Å². The Bertz CT molecular complexity index is 630. The number of thiazole rings is 1. The van der Waals surface area contributed by atoms with Crippen molar-refractivity contribution in [1.29, 1.82) is 0 Å². The van der Waals surface area contributed by atoms with Crippen LogP contribution in [0.15, 0.2) is 22.6 Å². The van der Waals surface area contributed by atoms with Gasteiger partial charge in [-0.2, -0.15) is 5.10 Å². The van der Waals surface area contributed by atoms with Gasteiger partial charge in [-0.1, -0.05) is 18.5 Å². The molecule has 0 amide bonds. The van der Waals surface area contributed by atoms with Gasteiger partial charge in [0, 0.05) is 31.1 Å². The zero-order valence-corrected chi connectivity index (χ0v) is 13.4. The summed E-state index contributed by atoms with van der Waals surface area (Å²) in [6, 6.07) is 0. The van der Waals surface area contributed by atoms with Crippen LogP contribution in [0.1, 0.15) is 17.8 Å². The van der Waals surface area contributed by atoms with Crippen molar-refractivity contribution in [2.75, 3.05) is 25.6 Å². The highest BCUT2D eigenvalue weighted by molar-refractivity contribution is 7.09. The van der Waals surface area contributed by atoms with Crippen LogP contribution in [-0.4, -0.2) is 35.0 Å². The summed E-state index contributed by atoms with van der Waals surface area (Å²) >= 11 is 7.70. The topological polar surface area (TPSA) is 69.0 Å². The van der Waals surface area contributed by atoms with Gasteiger partial charge in [-0.25, -0.2) is 9.67 Å². The summed E-state index contributed by atoms with van der Waals surface area (Å²) in [7, 11) is 1.57. The van der Waals surface area contributed by atoms with Crippen molar-refractivity contribution < 1.29 is 4.74 Å². The van der Waals surface area contributed by atoms with Gasteiger partial charge in [0.25, 0.3) is 5.56 Å². The second-order valence-electron chi connectivity index (χ2n) is 4.55. The van der Waals surface area contributed by atoms with Crippen LogP contribution >= 0.6 is 22.9 Å². The summed E-state index contributed by atoms with van der Waals surface area (Å²) in [6.07, 6.45) is 3.34. The van der Waals surface area contributed by atoms with Crippen LogP contribution in [0.2, 0.25) is 5.02 Å². The fourth-order valence-electron chi connectivity index (χ4n) is 1.75. The van der Waals surface area contributed by atoms with E-state index in [9.17, 15) is 4.79 Å². The Hall–Kier alpha value is -1.44. The third kappa shape index (κ3) is 4.03. The van der Waals surface area contributed by atoms with Crippen molar-refractivity contribution in [3.8, 4) is 0 Å². The van der Waals surface area contributed by atoms with Crippen LogP contribution in [0.25, 0.3) is 0 Å². The molecule has 1 N–H and O–H groups in total. The maximum absolute atomic E-state index is 12.0. The van der Waals surface area contributed by atoms with E-state index < -0.39 is 0 Å². The van der Waals surface area contributed by atoms with Gasteiger partial charge in [-0.15, -0.1) is 11.3 Å². The maximum atomic E-state index is 12.0. The molecule has 2 rings (SSSR count). The number of halogens is 1. The highest BCUT2D eigenvalue weighted by Gasteiger charge is 2.12. The Kier molecular flexibility index (Phi) is 5.72. The molecule has 21 heavy (non-hydrogen) atoms. The molecule has 0 aliphatic heterocycles. The summed E-state index contributed by atoms with van der Waals surface area (Å²) in [5.74, 6) is 0.233. The normalized spacial score (nSPS) is 12.3. The van der Waals surface area contributed by atoms with E-state index in [0.29, 0.717) is 25.4 Å². The summed E-state index contributed by atoms with van der Waals surface area (Å²) in [5.41, 5.74) is 0.222. The number of hydrogen-bond acceptors (Lipinski definition) is 6.